The Kier molecular flexibility index (Phi) is 2.53. The molecule has 2 aliphatic rings. The number of nitrogens with one attached hydrogen (secondary N) is 1. The van der Waals surface area contributed by atoms with Crippen LogP contribution in [-0.4, -0.2) is 7.05 Å². The van der Waals surface area contributed by atoms with Crippen molar-refractivity contribution in [3.8, 4) is 0 Å². The number of allylic oxidation sites excluding steroid dienone is 4. The highest BCUT2D eigenvalue weighted by Crippen LogP contribution is 2.63. The molecule has 0 saturated heterocycles. The molecule has 0 aliphatic heterocycles. The molecule has 0 radical (unpaired) electrons. The fraction of sp³-hybridized carbons (Fsp3) is 0.158. The second kappa shape index (κ2) is 4.38. The van der Waals surface area contributed by atoms with Gasteiger partial charge in [0, 0.05) is 24.6 Å². The molecule has 2 unspecified atom stereocenters. The van der Waals surface area contributed by atoms with Crippen LogP contribution >= 0.6 is 0 Å². The predicted molar refractivity (Wildman–Crippen MR) is 84.7 cm³/mol. The number of para-hydroxylation sites is 1. The molecule has 98 valence electrons. The van der Waals surface area contributed by atoms with Crippen LogP contribution in [0.5, 0.6) is 0 Å². The standard InChI is InChI=1S/C19H17N/c1-20-17-10-6-5-9-15(17)19-16-12-11-14(18(16)19)13-7-3-2-4-8-13/h2-12,18-20H,1H3. The summed E-state index contributed by atoms with van der Waals surface area (Å²) in [5.74, 6) is 1.16. The summed E-state index contributed by atoms with van der Waals surface area (Å²) in [5, 5.41) is 3.31. The van der Waals surface area contributed by atoms with Gasteiger partial charge in [-0.1, -0.05) is 66.3 Å². The van der Waals surface area contributed by atoms with Gasteiger partial charge in [-0.2, -0.15) is 0 Å². The van der Waals surface area contributed by atoms with Gasteiger partial charge in [-0.3, -0.25) is 0 Å². The van der Waals surface area contributed by atoms with Gasteiger partial charge in [0.2, 0.25) is 0 Å². The summed E-state index contributed by atoms with van der Waals surface area (Å²) in [4.78, 5) is 0. The van der Waals surface area contributed by atoms with Crippen molar-refractivity contribution in [1.29, 1.82) is 0 Å². The fourth-order valence-corrected chi connectivity index (χ4v) is 3.40. The number of hydrogen-bond acceptors (Lipinski definition) is 1. The molecule has 2 aromatic carbocycles. The molecule has 20 heavy (non-hydrogen) atoms. The smallest absolute Gasteiger partial charge is 0.0376 e. The zero-order chi connectivity index (χ0) is 13.5. The molecule has 0 amide bonds. The Hall–Kier alpha value is -2.28. The molecule has 0 heterocycles. The molecule has 2 atom stereocenters. The average molecular weight is 259 g/mol. The molecule has 1 N–H and O–H groups in total. The summed E-state index contributed by atoms with van der Waals surface area (Å²) in [6.45, 7) is 0. The molecule has 1 fully saturated rings. The molecular formula is C19H17N. The quantitative estimate of drug-likeness (QED) is 0.857. The van der Waals surface area contributed by atoms with E-state index in [1.54, 1.807) is 5.57 Å². The van der Waals surface area contributed by atoms with Gasteiger partial charge < -0.3 is 5.32 Å². The lowest BCUT2D eigenvalue weighted by atomic mass is 9.97. The highest BCUT2D eigenvalue weighted by Gasteiger charge is 2.50. The summed E-state index contributed by atoms with van der Waals surface area (Å²) in [7, 11) is 2.00. The van der Waals surface area contributed by atoms with Gasteiger partial charge in [0.1, 0.15) is 0 Å². The molecule has 1 heteroatoms. The van der Waals surface area contributed by atoms with Gasteiger partial charge in [-0.15, -0.1) is 0 Å². The maximum absolute atomic E-state index is 3.31. The Morgan fingerprint density at radius 3 is 2.35 bits per heavy atom. The first-order valence-corrected chi connectivity index (χ1v) is 7.14. The number of benzene rings is 2. The van der Waals surface area contributed by atoms with Crippen LogP contribution in [0.1, 0.15) is 17.0 Å². The Morgan fingerprint density at radius 2 is 1.55 bits per heavy atom. The van der Waals surface area contributed by atoms with Crippen LogP contribution in [0.15, 0.2) is 72.3 Å². The maximum atomic E-state index is 3.31. The molecule has 0 bridgehead atoms. The van der Waals surface area contributed by atoms with Crippen LogP contribution in [0.4, 0.5) is 5.69 Å². The lowest BCUT2D eigenvalue weighted by Crippen LogP contribution is -1.96. The van der Waals surface area contributed by atoms with Gasteiger partial charge in [0.15, 0.2) is 0 Å². The first-order chi connectivity index (χ1) is 9.90. The molecule has 2 aromatic rings. The van der Waals surface area contributed by atoms with Crippen LogP contribution in [0.3, 0.4) is 0 Å². The monoisotopic (exact) mass is 259 g/mol. The third-order valence-corrected chi connectivity index (χ3v) is 4.41. The van der Waals surface area contributed by atoms with Crippen molar-refractivity contribution in [3.05, 3.63) is 83.4 Å². The van der Waals surface area contributed by atoms with Crippen LogP contribution in [0.2, 0.25) is 0 Å². The first kappa shape index (κ1) is 11.5. The van der Waals surface area contributed by atoms with E-state index in [1.807, 2.05) is 7.05 Å². The minimum atomic E-state index is 0.568. The fourth-order valence-electron chi connectivity index (χ4n) is 3.40. The number of anilines is 1. The lowest BCUT2D eigenvalue weighted by molar-refractivity contribution is 1.03. The normalized spacial score (nSPS) is 22.9. The van der Waals surface area contributed by atoms with Gasteiger partial charge in [0.05, 0.1) is 0 Å². The van der Waals surface area contributed by atoms with Gasteiger partial charge in [-0.25, -0.2) is 0 Å². The number of fused-ring (bicyclic) bond motifs is 1. The Bertz CT molecular complexity index is 710. The van der Waals surface area contributed by atoms with Crippen molar-refractivity contribution in [2.45, 2.75) is 5.92 Å². The van der Waals surface area contributed by atoms with Crippen molar-refractivity contribution >= 4 is 11.3 Å². The van der Waals surface area contributed by atoms with Gasteiger partial charge >= 0.3 is 0 Å². The predicted octanol–water partition coefficient (Wildman–Crippen LogP) is 4.47. The maximum Gasteiger partial charge on any atom is 0.0376 e. The topological polar surface area (TPSA) is 12.0 Å². The van der Waals surface area contributed by atoms with E-state index >= 15 is 0 Å². The highest BCUT2D eigenvalue weighted by molar-refractivity contribution is 5.84. The molecule has 4 rings (SSSR count). The minimum Gasteiger partial charge on any atom is -0.388 e. The Labute approximate surface area is 119 Å². The van der Waals surface area contributed by atoms with E-state index in [9.17, 15) is 0 Å². The largest absolute Gasteiger partial charge is 0.388 e. The van der Waals surface area contributed by atoms with Gasteiger partial charge in [0.25, 0.3) is 0 Å². The molecule has 0 aromatic heterocycles. The molecule has 1 nitrogen and oxygen atoms in total. The van der Waals surface area contributed by atoms with Crippen LogP contribution in [0.25, 0.3) is 5.57 Å². The Morgan fingerprint density at radius 1 is 0.800 bits per heavy atom. The van der Waals surface area contributed by atoms with E-state index in [2.05, 4.69) is 72.1 Å². The molecule has 2 aliphatic carbocycles. The first-order valence-electron chi connectivity index (χ1n) is 7.14. The molecular weight excluding hydrogens is 242 g/mol. The summed E-state index contributed by atoms with van der Waals surface area (Å²) < 4.78 is 0. The van der Waals surface area contributed by atoms with Crippen molar-refractivity contribution in [2.75, 3.05) is 12.4 Å². The molecule has 1 saturated carbocycles. The van der Waals surface area contributed by atoms with Gasteiger partial charge in [-0.05, 0) is 22.8 Å². The highest BCUT2D eigenvalue weighted by atomic mass is 14.8. The Balaban J connectivity index is 1.67. The summed E-state index contributed by atoms with van der Waals surface area (Å²) in [5.41, 5.74) is 7.06. The zero-order valence-electron chi connectivity index (χ0n) is 11.5. The second-order valence-electron chi connectivity index (χ2n) is 5.45. The van der Waals surface area contributed by atoms with Crippen LogP contribution in [0, 0.1) is 5.92 Å². The van der Waals surface area contributed by atoms with E-state index in [0.29, 0.717) is 11.8 Å². The summed E-state index contributed by atoms with van der Waals surface area (Å²) in [6.07, 6.45) is 4.60. The van der Waals surface area contributed by atoms with Crippen LogP contribution < -0.4 is 5.32 Å². The van der Waals surface area contributed by atoms with E-state index in [-0.39, 0.29) is 0 Å². The van der Waals surface area contributed by atoms with Crippen molar-refractivity contribution in [2.24, 2.45) is 5.92 Å². The van der Waals surface area contributed by atoms with Crippen molar-refractivity contribution in [3.63, 3.8) is 0 Å². The molecule has 0 spiro atoms. The van der Waals surface area contributed by atoms with E-state index < -0.39 is 0 Å². The number of hydrogen-bond donors (Lipinski definition) is 1. The van der Waals surface area contributed by atoms with E-state index in [0.717, 1.165) is 0 Å². The summed E-state index contributed by atoms with van der Waals surface area (Å²) >= 11 is 0. The zero-order valence-corrected chi connectivity index (χ0v) is 11.5. The average Bonchev–Trinajstić information content (AvgIpc) is 3.06. The SMILES string of the molecule is CNc1ccccc1C1C2=CC=C(c3ccccc3)C21. The van der Waals surface area contributed by atoms with Crippen molar-refractivity contribution < 1.29 is 0 Å². The number of rotatable bonds is 3. The third kappa shape index (κ3) is 1.63. The minimum absolute atomic E-state index is 0.568. The third-order valence-electron chi connectivity index (χ3n) is 4.41. The lowest BCUT2D eigenvalue weighted by Gasteiger charge is -2.10. The van der Waals surface area contributed by atoms with Crippen LogP contribution in [-0.2, 0) is 0 Å². The second-order valence-corrected chi connectivity index (χ2v) is 5.45. The van der Waals surface area contributed by atoms with E-state index in [4.69, 9.17) is 0 Å². The van der Waals surface area contributed by atoms with E-state index in [1.165, 1.54) is 22.4 Å². The summed E-state index contributed by atoms with van der Waals surface area (Å²) in [6, 6.07) is 19.4. The van der Waals surface area contributed by atoms with Crippen molar-refractivity contribution in [1.82, 2.24) is 0 Å².